The molecular formula is C20H19N5O3S. The molecule has 29 heavy (non-hydrogen) atoms. The number of thiazole rings is 1. The zero-order valence-electron chi connectivity index (χ0n) is 15.8. The van der Waals surface area contributed by atoms with E-state index in [0.717, 1.165) is 16.1 Å². The summed E-state index contributed by atoms with van der Waals surface area (Å²) in [6, 6.07) is 7.61. The first-order chi connectivity index (χ1) is 14.1. The summed E-state index contributed by atoms with van der Waals surface area (Å²) < 4.78 is 5.67. The Balaban J connectivity index is 1.37. The van der Waals surface area contributed by atoms with Gasteiger partial charge < -0.3 is 9.64 Å². The third-order valence-electron chi connectivity index (χ3n) is 4.54. The molecule has 2 amide bonds. The Labute approximate surface area is 171 Å². The molecule has 1 aliphatic rings. The maximum absolute atomic E-state index is 12.6. The van der Waals surface area contributed by atoms with Crippen molar-refractivity contribution < 1.29 is 14.3 Å². The third kappa shape index (κ3) is 4.40. The van der Waals surface area contributed by atoms with Crippen LogP contribution in [-0.4, -0.2) is 44.8 Å². The predicted octanol–water partition coefficient (Wildman–Crippen LogP) is 2.46. The van der Waals surface area contributed by atoms with Gasteiger partial charge in [0.1, 0.15) is 11.4 Å². The Morgan fingerprint density at radius 2 is 2.14 bits per heavy atom. The SMILES string of the molecule is Cc1ccccc1OCC(=O)N1CCc2nc(NC(=O)c3cnccn3)sc2C1. The minimum absolute atomic E-state index is 0.00470. The van der Waals surface area contributed by atoms with Gasteiger partial charge in [0.2, 0.25) is 0 Å². The molecule has 1 aliphatic heterocycles. The lowest BCUT2D eigenvalue weighted by molar-refractivity contribution is -0.134. The van der Waals surface area contributed by atoms with Crippen molar-refractivity contribution in [1.82, 2.24) is 19.9 Å². The van der Waals surface area contributed by atoms with Crippen LogP contribution < -0.4 is 10.1 Å². The molecule has 0 saturated carbocycles. The van der Waals surface area contributed by atoms with Gasteiger partial charge in [-0.25, -0.2) is 9.97 Å². The minimum Gasteiger partial charge on any atom is -0.484 e. The molecule has 8 nitrogen and oxygen atoms in total. The quantitative estimate of drug-likeness (QED) is 0.695. The van der Waals surface area contributed by atoms with E-state index in [1.54, 1.807) is 4.90 Å². The molecule has 2 aromatic heterocycles. The van der Waals surface area contributed by atoms with Gasteiger partial charge in [-0.2, -0.15) is 0 Å². The number of nitrogens with one attached hydrogen (secondary N) is 1. The fraction of sp³-hybridized carbons (Fsp3) is 0.250. The molecule has 4 rings (SSSR count). The molecule has 0 atom stereocenters. The van der Waals surface area contributed by atoms with Crippen LogP contribution in [0.2, 0.25) is 0 Å². The molecular weight excluding hydrogens is 390 g/mol. The van der Waals surface area contributed by atoms with Gasteiger partial charge in [-0.3, -0.25) is 19.9 Å². The van der Waals surface area contributed by atoms with Gasteiger partial charge in [-0.05, 0) is 18.6 Å². The zero-order chi connectivity index (χ0) is 20.2. The number of para-hydroxylation sites is 1. The third-order valence-corrected chi connectivity index (χ3v) is 5.54. The highest BCUT2D eigenvalue weighted by Crippen LogP contribution is 2.28. The molecule has 0 radical (unpaired) electrons. The number of hydrogen-bond donors (Lipinski definition) is 1. The number of benzene rings is 1. The number of aryl methyl sites for hydroxylation is 1. The summed E-state index contributed by atoms with van der Waals surface area (Å²) in [6.45, 7) is 2.98. The van der Waals surface area contributed by atoms with Crippen molar-refractivity contribution in [3.05, 3.63) is 64.7 Å². The summed E-state index contributed by atoms with van der Waals surface area (Å²) in [5.41, 5.74) is 2.13. The summed E-state index contributed by atoms with van der Waals surface area (Å²) in [4.78, 5) is 39.9. The second-order valence-corrected chi connectivity index (χ2v) is 7.64. The lowest BCUT2D eigenvalue weighted by Gasteiger charge is -2.26. The molecule has 0 spiro atoms. The van der Waals surface area contributed by atoms with E-state index in [2.05, 4.69) is 20.3 Å². The van der Waals surface area contributed by atoms with E-state index in [1.165, 1.54) is 29.9 Å². The van der Waals surface area contributed by atoms with Crippen molar-refractivity contribution in [2.45, 2.75) is 19.9 Å². The van der Waals surface area contributed by atoms with E-state index >= 15 is 0 Å². The van der Waals surface area contributed by atoms with E-state index in [0.29, 0.717) is 30.4 Å². The fourth-order valence-electron chi connectivity index (χ4n) is 2.99. The Hall–Kier alpha value is -3.33. The van der Waals surface area contributed by atoms with Crippen LogP contribution in [0.25, 0.3) is 0 Å². The number of fused-ring (bicyclic) bond motifs is 1. The van der Waals surface area contributed by atoms with Gasteiger partial charge in [0, 0.05) is 30.2 Å². The largest absolute Gasteiger partial charge is 0.484 e. The number of aromatic nitrogens is 3. The molecule has 1 N–H and O–H groups in total. The second kappa shape index (κ2) is 8.36. The molecule has 148 valence electrons. The predicted molar refractivity (Wildman–Crippen MR) is 108 cm³/mol. The van der Waals surface area contributed by atoms with Gasteiger partial charge in [-0.15, -0.1) is 0 Å². The van der Waals surface area contributed by atoms with Crippen molar-refractivity contribution in [2.75, 3.05) is 18.5 Å². The van der Waals surface area contributed by atoms with Crippen molar-refractivity contribution in [2.24, 2.45) is 0 Å². The highest BCUT2D eigenvalue weighted by atomic mass is 32.1. The number of anilines is 1. The van der Waals surface area contributed by atoms with Crippen LogP contribution in [0.15, 0.2) is 42.9 Å². The summed E-state index contributed by atoms with van der Waals surface area (Å²) in [7, 11) is 0. The average molecular weight is 409 g/mol. The topological polar surface area (TPSA) is 97.3 Å². The maximum atomic E-state index is 12.6. The minimum atomic E-state index is -0.358. The monoisotopic (exact) mass is 409 g/mol. The highest BCUT2D eigenvalue weighted by molar-refractivity contribution is 7.15. The molecule has 0 fully saturated rings. The van der Waals surface area contributed by atoms with Gasteiger partial charge in [0.15, 0.2) is 11.7 Å². The first-order valence-corrected chi connectivity index (χ1v) is 9.94. The highest BCUT2D eigenvalue weighted by Gasteiger charge is 2.25. The van der Waals surface area contributed by atoms with Crippen LogP contribution in [0.4, 0.5) is 5.13 Å². The van der Waals surface area contributed by atoms with Crippen molar-refractivity contribution in [3.8, 4) is 5.75 Å². The molecule has 3 aromatic rings. The lowest BCUT2D eigenvalue weighted by Crippen LogP contribution is -2.38. The number of hydrogen-bond acceptors (Lipinski definition) is 7. The maximum Gasteiger partial charge on any atom is 0.277 e. The summed E-state index contributed by atoms with van der Waals surface area (Å²) >= 11 is 1.37. The molecule has 1 aromatic carbocycles. The molecule has 0 bridgehead atoms. The summed E-state index contributed by atoms with van der Waals surface area (Å²) in [5.74, 6) is 0.284. The Morgan fingerprint density at radius 3 is 2.93 bits per heavy atom. The average Bonchev–Trinajstić information content (AvgIpc) is 3.15. The first kappa shape index (κ1) is 19.0. The van der Waals surface area contributed by atoms with Crippen molar-refractivity contribution in [3.63, 3.8) is 0 Å². The number of carbonyl (C=O) groups excluding carboxylic acids is 2. The lowest BCUT2D eigenvalue weighted by atomic mass is 10.2. The second-order valence-electron chi connectivity index (χ2n) is 6.55. The van der Waals surface area contributed by atoms with E-state index in [1.807, 2.05) is 31.2 Å². The van der Waals surface area contributed by atoms with Crippen molar-refractivity contribution in [1.29, 1.82) is 0 Å². The van der Waals surface area contributed by atoms with Crippen LogP contribution in [0.1, 0.15) is 26.6 Å². The fourth-order valence-corrected chi connectivity index (χ4v) is 4.01. The van der Waals surface area contributed by atoms with Crippen LogP contribution in [0, 0.1) is 6.92 Å². The summed E-state index contributed by atoms with van der Waals surface area (Å²) in [6.07, 6.45) is 5.01. The number of ether oxygens (including phenoxy) is 1. The van der Waals surface area contributed by atoms with Crippen LogP contribution in [0.3, 0.4) is 0 Å². The van der Waals surface area contributed by atoms with Crippen LogP contribution in [-0.2, 0) is 17.8 Å². The van der Waals surface area contributed by atoms with Crippen LogP contribution >= 0.6 is 11.3 Å². The van der Waals surface area contributed by atoms with E-state index in [-0.39, 0.29) is 24.1 Å². The molecule has 0 aliphatic carbocycles. The van der Waals surface area contributed by atoms with E-state index < -0.39 is 0 Å². The normalized spacial score (nSPS) is 12.9. The van der Waals surface area contributed by atoms with Crippen molar-refractivity contribution >= 4 is 28.3 Å². The first-order valence-electron chi connectivity index (χ1n) is 9.12. The Bertz CT molecular complexity index is 1040. The molecule has 9 heteroatoms. The van der Waals surface area contributed by atoms with Gasteiger partial charge in [-0.1, -0.05) is 29.5 Å². The summed E-state index contributed by atoms with van der Waals surface area (Å²) in [5, 5.41) is 3.25. The smallest absolute Gasteiger partial charge is 0.277 e. The number of amides is 2. The van der Waals surface area contributed by atoms with Crippen LogP contribution in [0.5, 0.6) is 5.75 Å². The van der Waals surface area contributed by atoms with E-state index in [4.69, 9.17) is 4.74 Å². The number of carbonyl (C=O) groups is 2. The Kier molecular flexibility index (Phi) is 5.48. The standard InChI is InChI=1S/C20H19N5O3S/c1-13-4-2-3-5-16(13)28-12-18(26)25-9-6-14-17(11-25)29-20(23-14)24-19(27)15-10-21-7-8-22-15/h2-5,7-8,10H,6,9,11-12H2,1H3,(H,23,24,27). The number of nitrogens with zero attached hydrogens (tertiary/aromatic N) is 4. The molecule has 0 saturated heterocycles. The van der Waals surface area contributed by atoms with Gasteiger partial charge in [0.05, 0.1) is 18.4 Å². The Morgan fingerprint density at radius 1 is 1.28 bits per heavy atom. The molecule has 3 heterocycles. The number of rotatable bonds is 5. The zero-order valence-corrected chi connectivity index (χ0v) is 16.6. The van der Waals surface area contributed by atoms with E-state index in [9.17, 15) is 9.59 Å². The van der Waals surface area contributed by atoms with Gasteiger partial charge in [0.25, 0.3) is 11.8 Å². The van der Waals surface area contributed by atoms with Gasteiger partial charge >= 0.3 is 0 Å². The molecule has 0 unspecified atom stereocenters.